The molecular formula is C47H88N16O12. The highest BCUT2D eigenvalue weighted by atomic mass is 16.3. The molecule has 0 aliphatic carbocycles. The van der Waals surface area contributed by atoms with Crippen LogP contribution in [0.4, 0.5) is 0 Å². The third-order valence-corrected chi connectivity index (χ3v) is 13.1. The molecule has 0 saturated carbocycles. The van der Waals surface area contributed by atoms with Crippen LogP contribution in [0.15, 0.2) is 0 Å². The number of carbonyl (C=O) groups is 10. The molecule has 0 aromatic heterocycles. The molecule has 0 spiro atoms. The maximum Gasteiger partial charge on any atom is 0.245 e. The van der Waals surface area contributed by atoms with Gasteiger partial charge in [0.15, 0.2) is 0 Å². The highest BCUT2D eigenvalue weighted by Gasteiger charge is 2.37. The van der Waals surface area contributed by atoms with Gasteiger partial charge in [0.2, 0.25) is 59.1 Å². The van der Waals surface area contributed by atoms with Gasteiger partial charge in [-0.2, -0.15) is 0 Å². The molecule has 3 heterocycles. The topological polar surface area (TPSA) is 456 Å². The summed E-state index contributed by atoms with van der Waals surface area (Å²) in [5.41, 5.74) is 29.0. The molecule has 3 aliphatic heterocycles. The van der Waals surface area contributed by atoms with Crippen molar-refractivity contribution in [1.29, 1.82) is 0 Å². The third-order valence-electron chi connectivity index (χ3n) is 13.1. The zero-order valence-corrected chi connectivity index (χ0v) is 44.2. The van der Waals surface area contributed by atoms with Gasteiger partial charge in [0.25, 0.3) is 0 Å². The summed E-state index contributed by atoms with van der Waals surface area (Å²) in [5.74, 6) is -7.22. The van der Waals surface area contributed by atoms with Gasteiger partial charge in [-0.25, -0.2) is 0 Å². The van der Waals surface area contributed by atoms with Crippen LogP contribution in [-0.4, -0.2) is 212 Å². The first kappa shape index (κ1) is 65.5. The van der Waals surface area contributed by atoms with Gasteiger partial charge in [0, 0.05) is 39.1 Å². The second kappa shape index (κ2) is 34.9. The summed E-state index contributed by atoms with van der Waals surface area (Å²) in [5, 5.41) is 44.3. The van der Waals surface area contributed by atoms with Crippen LogP contribution >= 0.6 is 0 Å². The minimum atomic E-state index is -1.65. The van der Waals surface area contributed by atoms with Crippen molar-refractivity contribution in [2.45, 2.75) is 159 Å². The predicted molar refractivity (Wildman–Crippen MR) is 276 cm³/mol. The Morgan fingerprint density at radius 3 is 1.76 bits per heavy atom. The lowest BCUT2D eigenvalue weighted by molar-refractivity contribution is -0.139. The van der Waals surface area contributed by atoms with E-state index in [-0.39, 0.29) is 117 Å². The van der Waals surface area contributed by atoms with Crippen molar-refractivity contribution in [3.8, 4) is 0 Å². The number of aliphatic hydroxyl groups is 2. The van der Waals surface area contributed by atoms with Crippen molar-refractivity contribution < 1.29 is 58.2 Å². The van der Waals surface area contributed by atoms with Crippen molar-refractivity contribution >= 4 is 59.1 Å². The van der Waals surface area contributed by atoms with E-state index < -0.39 is 120 Å². The van der Waals surface area contributed by atoms with Crippen LogP contribution in [0.25, 0.3) is 0 Å². The van der Waals surface area contributed by atoms with Crippen LogP contribution in [0.1, 0.15) is 98.3 Å². The van der Waals surface area contributed by atoms with Crippen LogP contribution in [0.5, 0.6) is 0 Å². The Morgan fingerprint density at radius 2 is 1.20 bits per heavy atom. The number of hydrogen-bond donors (Lipinski definition) is 16. The fourth-order valence-corrected chi connectivity index (χ4v) is 8.32. The fourth-order valence-electron chi connectivity index (χ4n) is 8.32. The predicted octanol–water partition coefficient (Wildman–Crippen LogP) is -7.36. The number of aliphatic hydroxyl groups excluding tert-OH is 2. The number of unbranched alkanes of at least 4 members (excludes halogenated alkanes) is 1. The molecule has 428 valence electrons. The molecule has 3 aliphatic rings. The average molecular weight is 1070 g/mol. The molecule has 11 atom stereocenters. The Kier molecular flexibility index (Phi) is 30.4. The maximum atomic E-state index is 14.2. The van der Waals surface area contributed by atoms with E-state index >= 15 is 0 Å². The van der Waals surface area contributed by atoms with E-state index in [1.807, 2.05) is 0 Å². The van der Waals surface area contributed by atoms with Crippen molar-refractivity contribution in [3.63, 3.8) is 0 Å². The molecule has 75 heavy (non-hydrogen) atoms. The number of nitrogens with one attached hydrogen (secondary N) is 9. The van der Waals surface area contributed by atoms with E-state index in [9.17, 15) is 58.2 Å². The molecule has 0 unspecified atom stereocenters. The minimum Gasteiger partial charge on any atom is -0.391 e. The van der Waals surface area contributed by atoms with Crippen LogP contribution in [0.3, 0.4) is 0 Å². The maximum absolute atomic E-state index is 14.2. The summed E-state index contributed by atoms with van der Waals surface area (Å²) in [4.78, 5) is 140. The van der Waals surface area contributed by atoms with Crippen LogP contribution in [0, 0.1) is 5.92 Å². The van der Waals surface area contributed by atoms with Gasteiger partial charge in [-0.1, -0.05) is 33.1 Å². The summed E-state index contributed by atoms with van der Waals surface area (Å²) < 4.78 is 0. The fraction of sp³-hybridized carbons (Fsp3) is 0.787. The minimum absolute atomic E-state index is 0.000674. The second-order valence-corrected chi connectivity index (χ2v) is 19.3. The first-order chi connectivity index (χ1) is 35.6. The van der Waals surface area contributed by atoms with Gasteiger partial charge in [0.05, 0.1) is 18.8 Å². The number of fused-ring (bicyclic) bond motifs is 20. The number of nitrogens with two attached hydrogens (primary N) is 5. The Labute approximate surface area is 439 Å². The normalized spacial score (nSPS) is 24.1. The SMILES string of the molecule is CC[C@H](C)CCCCC(=O)N[C@@H](CCN)C(=O)N[C@H](C(=O)N[C@@H](CCN)C(=O)N[C@H]1CCNC(=O)[C@H]([C@@H](C)O)NC(=O)[C@H](CCN)NC(=O)[C@H](CCN)NC(=O)CN2CCN(CC2)C(=O)[C@H](CCN)NC1=O)[C@@H](C)O. The molecular weight excluding hydrogens is 981 g/mol. The van der Waals surface area contributed by atoms with Gasteiger partial charge in [-0.3, -0.25) is 52.8 Å². The van der Waals surface area contributed by atoms with Gasteiger partial charge < -0.3 is 91.6 Å². The van der Waals surface area contributed by atoms with Crippen molar-refractivity contribution in [3.05, 3.63) is 0 Å². The van der Waals surface area contributed by atoms with Crippen LogP contribution in [0.2, 0.25) is 0 Å². The monoisotopic (exact) mass is 1070 g/mol. The Hall–Kier alpha value is -5.62. The third kappa shape index (κ3) is 23.0. The largest absolute Gasteiger partial charge is 0.391 e. The van der Waals surface area contributed by atoms with E-state index in [0.29, 0.717) is 12.3 Å². The van der Waals surface area contributed by atoms with Gasteiger partial charge in [-0.05, 0) is 97.4 Å². The number of nitrogens with zero attached hydrogens (tertiary/aromatic N) is 2. The summed E-state index contributed by atoms with van der Waals surface area (Å²) >= 11 is 0. The smallest absolute Gasteiger partial charge is 0.245 e. The summed E-state index contributed by atoms with van der Waals surface area (Å²) in [6.07, 6.45) is -0.222. The quantitative estimate of drug-likeness (QED) is 0.0298. The molecule has 3 saturated heterocycles. The van der Waals surface area contributed by atoms with Gasteiger partial charge in [-0.15, -0.1) is 0 Å². The van der Waals surface area contributed by atoms with E-state index in [2.05, 4.69) is 61.7 Å². The Balaban J connectivity index is 2.45. The van der Waals surface area contributed by atoms with E-state index in [4.69, 9.17) is 28.7 Å². The van der Waals surface area contributed by atoms with Crippen molar-refractivity contribution in [1.82, 2.24) is 57.7 Å². The zero-order valence-electron chi connectivity index (χ0n) is 44.2. The summed E-state index contributed by atoms with van der Waals surface area (Å²) in [7, 11) is 0. The summed E-state index contributed by atoms with van der Waals surface area (Å²) in [6.45, 7) is 6.52. The molecule has 2 bridgehead atoms. The highest BCUT2D eigenvalue weighted by molar-refractivity contribution is 5.97. The molecule has 0 aromatic carbocycles. The van der Waals surface area contributed by atoms with Crippen molar-refractivity contribution in [2.75, 3.05) is 72.0 Å². The van der Waals surface area contributed by atoms with E-state index in [1.165, 1.54) is 18.7 Å². The molecule has 10 amide bonds. The molecule has 3 rings (SSSR count). The van der Waals surface area contributed by atoms with Crippen molar-refractivity contribution in [2.24, 2.45) is 34.6 Å². The summed E-state index contributed by atoms with van der Waals surface area (Å²) in [6, 6.07) is -11.1. The molecule has 0 radical (unpaired) electrons. The first-order valence-corrected chi connectivity index (χ1v) is 26.2. The lowest BCUT2D eigenvalue weighted by Gasteiger charge is -2.36. The molecule has 21 N–H and O–H groups in total. The molecule has 3 fully saturated rings. The Bertz CT molecular complexity index is 1870. The van der Waals surface area contributed by atoms with E-state index in [0.717, 1.165) is 19.3 Å². The lowest BCUT2D eigenvalue weighted by atomic mass is 10.0. The Morgan fingerprint density at radius 1 is 0.640 bits per heavy atom. The van der Waals surface area contributed by atoms with Gasteiger partial charge >= 0.3 is 0 Å². The first-order valence-electron chi connectivity index (χ1n) is 26.2. The second-order valence-electron chi connectivity index (χ2n) is 19.3. The lowest BCUT2D eigenvalue weighted by Crippen LogP contribution is -2.62. The molecule has 28 heteroatoms. The number of rotatable bonds is 25. The van der Waals surface area contributed by atoms with Crippen LogP contribution in [-0.2, 0) is 47.9 Å². The molecule has 28 nitrogen and oxygen atoms in total. The molecule has 0 aromatic rings. The zero-order chi connectivity index (χ0) is 56.2. The number of hydrogen-bond acceptors (Lipinski definition) is 18. The number of amides is 10. The standard InChI is InChI=1S/C47H88N16O12/c1-5-27(2)8-6-7-9-36(66)54-31(11-17-49)43(71)61-39(29(4)65)46(74)58-32(12-18-50)41(69)57-34-15-21-53-45(73)38(28(3)64)60-44(72)33(13-19-51)56-40(68)30(10-16-48)55-37(67)26-62-22-24-63(25-23-62)47(75)35(14-20-52)59-42(34)70/h27-35,38-39,64-65H,5-26,48-52H2,1-4H3,(H,53,73)(H,54,66)(H,55,67)(H,56,68)(H,57,69)(H,58,74)(H,59,70)(H,60,72)(H,61,71)/t27-,28+,29+,30-,31-,32-,33-,34-,35-,38-,39-/m0/s1. The number of piperazine rings is 1. The van der Waals surface area contributed by atoms with Gasteiger partial charge in [0.1, 0.15) is 48.3 Å². The average Bonchev–Trinajstić information content (AvgIpc) is 3.36. The number of carbonyl (C=O) groups excluding carboxylic acids is 10. The van der Waals surface area contributed by atoms with E-state index in [1.54, 1.807) is 4.90 Å². The van der Waals surface area contributed by atoms with Crippen LogP contribution < -0.4 is 76.5 Å². The highest BCUT2D eigenvalue weighted by Crippen LogP contribution is 2.13.